The molecular formula is C27H34N4O2S2. The minimum atomic E-state index is -0.255. The van der Waals surface area contributed by atoms with E-state index in [0.717, 1.165) is 22.5 Å². The molecule has 3 heterocycles. The van der Waals surface area contributed by atoms with Gasteiger partial charge in [0.15, 0.2) is 0 Å². The molecule has 1 aliphatic rings. The number of benzene rings is 1. The highest BCUT2D eigenvalue weighted by atomic mass is 32.2. The Morgan fingerprint density at radius 2 is 1.91 bits per heavy atom. The highest BCUT2D eigenvalue weighted by Crippen LogP contribution is 2.49. The van der Waals surface area contributed by atoms with Gasteiger partial charge in [0.2, 0.25) is 11.8 Å². The van der Waals surface area contributed by atoms with Crippen molar-refractivity contribution in [1.82, 2.24) is 15.1 Å². The van der Waals surface area contributed by atoms with Crippen molar-refractivity contribution < 1.29 is 9.59 Å². The van der Waals surface area contributed by atoms with E-state index in [-0.39, 0.29) is 29.0 Å². The second-order valence-electron chi connectivity index (χ2n) is 10.5. The summed E-state index contributed by atoms with van der Waals surface area (Å²) >= 11 is 3.31. The lowest BCUT2D eigenvalue weighted by Crippen LogP contribution is -2.43. The molecule has 8 heteroatoms. The van der Waals surface area contributed by atoms with Crippen LogP contribution in [0.3, 0.4) is 0 Å². The van der Waals surface area contributed by atoms with Crippen LogP contribution in [0.15, 0.2) is 41.8 Å². The van der Waals surface area contributed by atoms with Gasteiger partial charge in [-0.05, 0) is 36.4 Å². The molecule has 186 valence electrons. The molecule has 1 aromatic carbocycles. The van der Waals surface area contributed by atoms with Gasteiger partial charge in [0, 0.05) is 22.4 Å². The summed E-state index contributed by atoms with van der Waals surface area (Å²) in [7, 11) is 0. The second-order valence-corrected chi connectivity index (χ2v) is 12.5. The molecule has 2 aromatic heterocycles. The minimum absolute atomic E-state index is 0.0303. The predicted octanol–water partition coefficient (Wildman–Crippen LogP) is 5.48. The molecule has 0 radical (unpaired) electrons. The number of carbonyl (C=O) groups is 2. The number of thioether (sulfide) groups is 1. The largest absolute Gasteiger partial charge is 0.354 e. The summed E-state index contributed by atoms with van der Waals surface area (Å²) < 4.78 is 1.87. The van der Waals surface area contributed by atoms with Crippen LogP contribution in [0, 0.1) is 12.8 Å². The van der Waals surface area contributed by atoms with Crippen LogP contribution < -0.4 is 10.2 Å². The fourth-order valence-electron chi connectivity index (χ4n) is 4.12. The number of fused-ring (bicyclic) bond motifs is 1. The number of hydrogen-bond acceptors (Lipinski definition) is 5. The van der Waals surface area contributed by atoms with E-state index in [0.29, 0.717) is 24.0 Å². The zero-order valence-electron chi connectivity index (χ0n) is 21.3. The Bertz CT molecular complexity index is 1190. The topological polar surface area (TPSA) is 67.2 Å². The van der Waals surface area contributed by atoms with Crippen LogP contribution >= 0.6 is 23.1 Å². The first-order valence-electron chi connectivity index (χ1n) is 12.0. The van der Waals surface area contributed by atoms with Gasteiger partial charge in [-0.15, -0.1) is 23.1 Å². The van der Waals surface area contributed by atoms with E-state index in [4.69, 9.17) is 5.10 Å². The quantitative estimate of drug-likeness (QED) is 0.477. The van der Waals surface area contributed by atoms with Crippen LogP contribution in [0.5, 0.6) is 0 Å². The zero-order valence-corrected chi connectivity index (χ0v) is 22.9. The SMILES string of the molecule is Cc1ccc(-n2nc(C(C)(C)C)c3c2N(CC(=O)NCC(C)C)C(=O)CSC3c2cccs2)cc1. The van der Waals surface area contributed by atoms with Crippen LogP contribution in [-0.4, -0.2) is 40.4 Å². The van der Waals surface area contributed by atoms with Gasteiger partial charge >= 0.3 is 0 Å². The van der Waals surface area contributed by atoms with E-state index in [1.807, 2.05) is 41.9 Å². The number of rotatable bonds is 6. The predicted molar refractivity (Wildman–Crippen MR) is 146 cm³/mol. The summed E-state index contributed by atoms with van der Waals surface area (Å²) in [6, 6.07) is 12.3. The summed E-state index contributed by atoms with van der Waals surface area (Å²) in [4.78, 5) is 29.3. The molecule has 2 amide bonds. The number of anilines is 1. The summed E-state index contributed by atoms with van der Waals surface area (Å²) in [5, 5.41) is 10.1. The summed E-state index contributed by atoms with van der Waals surface area (Å²) in [5.41, 5.74) is 3.74. The van der Waals surface area contributed by atoms with Gasteiger partial charge in [0.1, 0.15) is 12.4 Å². The van der Waals surface area contributed by atoms with Gasteiger partial charge in [-0.25, -0.2) is 4.68 Å². The van der Waals surface area contributed by atoms with E-state index in [9.17, 15) is 9.59 Å². The van der Waals surface area contributed by atoms with Crippen molar-refractivity contribution in [2.24, 2.45) is 5.92 Å². The standard InChI is InChI=1S/C27H34N4O2S2/c1-17(2)14-28-21(32)15-30-22(33)16-35-24(20-8-7-13-34-20)23-25(27(4,5)6)29-31(26(23)30)19-11-9-18(3)10-12-19/h7-13,17,24H,14-16H2,1-6H3,(H,28,32). The molecular weight excluding hydrogens is 476 g/mol. The monoisotopic (exact) mass is 510 g/mol. The Morgan fingerprint density at radius 1 is 1.20 bits per heavy atom. The third-order valence-corrected chi connectivity index (χ3v) is 8.21. The number of nitrogens with one attached hydrogen (secondary N) is 1. The maximum atomic E-state index is 13.5. The molecule has 3 aromatic rings. The molecule has 0 saturated heterocycles. The average Bonchev–Trinajstić information content (AvgIpc) is 3.43. The highest BCUT2D eigenvalue weighted by molar-refractivity contribution is 8.00. The Kier molecular flexibility index (Phi) is 7.43. The fraction of sp³-hybridized carbons (Fsp3) is 0.444. The summed E-state index contributed by atoms with van der Waals surface area (Å²) in [6.07, 6.45) is 0. The van der Waals surface area contributed by atoms with E-state index >= 15 is 0 Å². The first-order chi connectivity index (χ1) is 16.6. The molecule has 1 unspecified atom stereocenters. The van der Waals surface area contributed by atoms with Gasteiger partial charge in [-0.2, -0.15) is 5.10 Å². The lowest BCUT2D eigenvalue weighted by Gasteiger charge is -2.24. The van der Waals surface area contributed by atoms with Crippen LogP contribution in [-0.2, 0) is 15.0 Å². The maximum absolute atomic E-state index is 13.5. The average molecular weight is 511 g/mol. The number of amides is 2. The first kappa shape index (κ1) is 25.5. The normalized spacial score (nSPS) is 16.4. The van der Waals surface area contributed by atoms with Gasteiger partial charge in [0.05, 0.1) is 22.4 Å². The van der Waals surface area contributed by atoms with E-state index < -0.39 is 0 Å². The van der Waals surface area contributed by atoms with Crippen molar-refractivity contribution >= 4 is 40.7 Å². The molecule has 1 atom stereocenters. The Morgan fingerprint density at radius 3 is 2.51 bits per heavy atom. The number of hydrogen-bond donors (Lipinski definition) is 1. The van der Waals surface area contributed by atoms with Crippen molar-refractivity contribution in [1.29, 1.82) is 0 Å². The molecule has 0 spiro atoms. The zero-order chi connectivity index (χ0) is 25.3. The number of aryl methyl sites for hydroxylation is 1. The number of aromatic nitrogens is 2. The van der Waals surface area contributed by atoms with Crippen molar-refractivity contribution in [3.63, 3.8) is 0 Å². The molecule has 0 fully saturated rings. The third-order valence-electron chi connectivity index (χ3n) is 5.89. The molecule has 0 aliphatic carbocycles. The molecule has 0 bridgehead atoms. The Hall–Kier alpha value is -2.58. The van der Waals surface area contributed by atoms with E-state index in [1.54, 1.807) is 28.0 Å². The van der Waals surface area contributed by atoms with Gasteiger partial charge in [-0.3, -0.25) is 14.5 Å². The highest BCUT2D eigenvalue weighted by Gasteiger charge is 2.40. The Labute approximate surface area is 216 Å². The van der Waals surface area contributed by atoms with E-state index in [2.05, 4.69) is 51.4 Å². The summed E-state index contributed by atoms with van der Waals surface area (Å²) in [6.45, 7) is 13.2. The molecule has 35 heavy (non-hydrogen) atoms. The molecule has 1 aliphatic heterocycles. The van der Waals surface area contributed by atoms with Gasteiger partial charge in [0.25, 0.3) is 0 Å². The maximum Gasteiger partial charge on any atom is 0.240 e. The molecule has 0 saturated carbocycles. The smallest absolute Gasteiger partial charge is 0.240 e. The minimum Gasteiger partial charge on any atom is -0.354 e. The fourth-order valence-corrected chi connectivity index (χ4v) is 6.30. The molecule has 1 N–H and O–H groups in total. The van der Waals surface area contributed by atoms with E-state index in [1.165, 1.54) is 4.88 Å². The summed E-state index contributed by atoms with van der Waals surface area (Å²) in [5.74, 6) is 1.09. The van der Waals surface area contributed by atoms with Gasteiger partial charge in [-0.1, -0.05) is 58.4 Å². The van der Waals surface area contributed by atoms with Crippen LogP contribution in [0.25, 0.3) is 5.69 Å². The molecule has 6 nitrogen and oxygen atoms in total. The van der Waals surface area contributed by atoms with Gasteiger partial charge < -0.3 is 5.32 Å². The molecule has 4 rings (SSSR count). The van der Waals surface area contributed by atoms with Crippen molar-refractivity contribution in [2.75, 3.05) is 23.7 Å². The van der Waals surface area contributed by atoms with Crippen LogP contribution in [0.2, 0.25) is 0 Å². The second kappa shape index (κ2) is 10.2. The lowest BCUT2D eigenvalue weighted by molar-refractivity contribution is -0.123. The first-order valence-corrected chi connectivity index (χ1v) is 13.9. The Balaban J connectivity index is 1.94. The third kappa shape index (κ3) is 5.48. The van der Waals surface area contributed by atoms with Crippen LogP contribution in [0.4, 0.5) is 5.82 Å². The number of carbonyl (C=O) groups excluding carboxylic acids is 2. The van der Waals surface area contributed by atoms with Crippen molar-refractivity contribution in [3.8, 4) is 5.69 Å². The van der Waals surface area contributed by atoms with Crippen molar-refractivity contribution in [3.05, 3.63) is 63.5 Å². The van der Waals surface area contributed by atoms with Crippen LogP contribution in [0.1, 0.15) is 61.6 Å². The lowest BCUT2D eigenvalue weighted by atomic mass is 9.88. The number of nitrogens with zero attached hydrogens (tertiary/aromatic N) is 3. The number of thiophene rings is 1. The van der Waals surface area contributed by atoms with Crippen molar-refractivity contribution in [2.45, 2.75) is 52.2 Å².